The van der Waals surface area contributed by atoms with E-state index in [2.05, 4.69) is 4.52 Å². The highest BCUT2D eigenvalue weighted by Gasteiger charge is 2.18. The molecule has 0 aliphatic carbocycles. The Bertz CT molecular complexity index is 252. The van der Waals surface area contributed by atoms with Crippen molar-refractivity contribution in [1.29, 1.82) is 0 Å². The SMILES string of the molecule is CC(C)CC=C(CC(C)C)OP(=O)(O)O. The molecular weight excluding hydrogens is 215 g/mol. The summed E-state index contributed by atoms with van der Waals surface area (Å²) in [4.78, 5) is 17.4. The molecule has 2 N–H and O–H groups in total. The molecule has 5 heteroatoms. The summed E-state index contributed by atoms with van der Waals surface area (Å²) in [5.74, 6) is 1.16. The highest BCUT2D eigenvalue weighted by Crippen LogP contribution is 2.40. The van der Waals surface area contributed by atoms with Gasteiger partial charge in [0.2, 0.25) is 0 Å². The third kappa shape index (κ3) is 9.98. The minimum Gasteiger partial charge on any atom is -0.409 e. The van der Waals surface area contributed by atoms with Crippen molar-refractivity contribution in [3.05, 3.63) is 11.8 Å². The summed E-state index contributed by atoms with van der Waals surface area (Å²) in [7, 11) is -4.41. The molecule has 0 heterocycles. The van der Waals surface area contributed by atoms with Crippen molar-refractivity contribution < 1.29 is 18.9 Å². The molecule has 0 bridgehead atoms. The molecule has 0 spiro atoms. The third-order valence-electron chi connectivity index (χ3n) is 1.66. The molecule has 0 aromatic carbocycles. The Labute approximate surface area is 91.6 Å². The first-order valence-electron chi connectivity index (χ1n) is 5.15. The Kier molecular flexibility index (Phi) is 6.18. The van der Waals surface area contributed by atoms with Crippen LogP contribution in [0.25, 0.3) is 0 Å². The van der Waals surface area contributed by atoms with Gasteiger partial charge >= 0.3 is 7.82 Å². The molecule has 0 amide bonds. The fourth-order valence-corrected chi connectivity index (χ4v) is 1.53. The molecule has 0 aromatic rings. The zero-order valence-corrected chi connectivity index (χ0v) is 10.7. The van der Waals surface area contributed by atoms with Crippen molar-refractivity contribution in [2.75, 3.05) is 0 Å². The van der Waals surface area contributed by atoms with Crippen LogP contribution in [-0.4, -0.2) is 9.79 Å². The Morgan fingerprint density at radius 2 is 1.80 bits per heavy atom. The van der Waals surface area contributed by atoms with Gasteiger partial charge in [0.25, 0.3) is 0 Å². The van der Waals surface area contributed by atoms with Crippen LogP contribution in [0.15, 0.2) is 11.8 Å². The smallest absolute Gasteiger partial charge is 0.409 e. The molecule has 0 atom stereocenters. The molecule has 0 fully saturated rings. The molecule has 0 aliphatic heterocycles. The van der Waals surface area contributed by atoms with Gasteiger partial charge in [0.1, 0.15) is 5.76 Å². The van der Waals surface area contributed by atoms with Crippen molar-refractivity contribution in [1.82, 2.24) is 0 Å². The van der Waals surface area contributed by atoms with Crippen LogP contribution in [0.4, 0.5) is 0 Å². The van der Waals surface area contributed by atoms with E-state index in [-0.39, 0.29) is 0 Å². The van der Waals surface area contributed by atoms with Gasteiger partial charge in [-0.1, -0.05) is 27.7 Å². The fourth-order valence-electron chi connectivity index (χ4n) is 1.08. The lowest BCUT2D eigenvalue weighted by atomic mass is 10.1. The van der Waals surface area contributed by atoms with Crippen molar-refractivity contribution in [2.24, 2.45) is 11.8 Å². The van der Waals surface area contributed by atoms with Gasteiger partial charge in [-0.2, -0.15) is 0 Å². The van der Waals surface area contributed by atoms with E-state index in [1.165, 1.54) is 0 Å². The molecular formula is C10H21O4P. The van der Waals surface area contributed by atoms with Crippen LogP contribution in [0.3, 0.4) is 0 Å². The van der Waals surface area contributed by atoms with Crippen LogP contribution in [0.1, 0.15) is 40.5 Å². The number of phosphoric acid groups is 1. The minimum absolute atomic E-state index is 0.315. The van der Waals surface area contributed by atoms with E-state index in [0.29, 0.717) is 24.0 Å². The van der Waals surface area contributed by atoms with E-state index >= 15 is 0 Å². The average molecular weight is 236 g/mol. The van der Waals surface area contributed by atoms with Crippen molar-refractivity contribution in [3.63, 3.8) is 0 Å². The molecule has 0 unspecified atom stereocenters. The van der Waals surface area contributed by atoms with Crippen LogP contribution in [0.5, 0.6) is 0 Å². The molecule has 0 aromatic heterocycles. The summed E-state index contributed by atoms with van der Waals surface area (Å²) >= 11 is 0. The predicted molar refractivity (Wildman–Crippen MR) is 60.1 cm³/mol. The van der Waals surface area contributed by atoms with Gasteiger partial charge in [-0.3, -0.25) is 9.79 Å². The number of allylic oxidation sites excluding steroid dienone is 2. The van der Waals surface area contributed by atoms with Crippen molar-refractivity contribution >= 4 is 7.82 Å². The molecule has 15 heavy (non-hydrogen) atoms. The second-order valence-electron chi connectivity index (χ2n) is 4.48. The molecule has 0 rings (SSSR count). The second-order valence-corrected chi connectivity index (χ2v) is 5.64. The summed E-state index contributed by atoms with van der Waals surface area (Å²) in [6.45, 7) is 8.04. The molecule has 0 aliphatic rings. The van der Waals surface area contributed by atoms with Gasteiger partial charge in [-0.05, 0) is 24.3 Å². The quantitative estimate of drug-likeness (QED) is 0.549. The largest absolute Gasteiger partial charge is 0.524 e. The van der Waals surface area contributed by atoms with Gasteiger partial charge < -0.3 is 4.52 Å². The van der Waals surface area contributed by atoms with E-state index in [4.69, 9.17) is 9.79 Å². The van der Waals surface area contributed by atoms with Crippen LogP contribution < -0.4 is 0 Å². The maximum atomic E-state index is 10.7. The molecule has 0 saturated heterocycles. The standard InChI is InChI=1S/C10H21O4P/c1-8(2)5-6-10(7-9(3)4)14-15(11,12)13/h6,8-9H,5,7H2,1-4H3,(H2,11,12,13). The van der Waals surface area contributed by atoms with E-state index in [0.717, 1.165) is 6.42 Å². The van der Waals surface area contributed by atoms with Gasteiger partial charge in [0, 0.05) is 6.42 Å². The van der Waals surface area contributed by atoms with Gasteiger partial charge in [-0.15, -0.1) is 0 Å². The molecule has 0 saturated carbocycles. The Morgan fingerprint density at radius 1 is 1.27 bits per heavy atom. The maximum absolute atomic E-state index is 10.7. The minimum atomic E-state index is -4.41. The van der Waals surface area contributed by atoms with E-state index < -0.39 is 7.82 Å². The predicted octanol–water partition coefficient (Wildman–Crippen LogP) is 3.07. The Morgan fingerprint density at radius 3 is 2.13 bits per heavy atom. The summed E-state index contributed by atoms with van der Waals surface area (Å²) in [5.41, 5.74) is 0. The van der Waals surface area contributed by atoms with Gasteiger partial charge in [-0.25, -0.2) is 4.57 Å². The lowest BCUT2D eigenvalue weighted by molar-refractivity contribution is 0.231. The van der Waals surface area contributed by atoms with E-state index in [1.807, 2.05) is 27.7 Å². The Balaban J connectivity index is 4.44. The maximum Gasteiger partial charge on any atom is 0.524 e. The molecule has 0 radical (unpaired) electrons. The first kappa shape index (κ1) is 14.7. The van der Waals surface area contributed by atoms with Gasteiger partial charge in [0.05, 0.1) is 0 Å². The first-order chi connectivity index (χ1) is 6.70. The topological polar surface area (TPSA) is 66.8 Å². The van der Waals surface area contributed by atoms with Crippen LogP contribution in [-0.2, 0) is 9.09 Å². The molecule has 90 valence electrons. The highest BCUT2D eigenvalue weighted by atomic mass is 31.2. The summed E-state index contributed by atoms with van der Waals surface area (Å²) in [6, 6.07) is 0. The van der Waals surface area contributed by atoms with Crippen LogP contribution in [0.2, 0.25) is 0 Å². The summed E-state index contributed by atoms with van der Waals surface area (Å²) in [5, 5.41) is 0. The van der Waals surface area contributed by atoms with Crippen molar-refractivity contribution in [3.8, 4) is 0 Å². The second kappa shape index (κ2) is 6.31. The summed E-state index contributed by atoms with van der Waals surface area (Å²) < 4.78 is 15.3. The van der Waals surface area contributed by atoms with Gasteiger partial charge in [0.15, 0.2) is 0 Å². The summed E-state index contributed by atoms with van der Waals surface area (Å²) in [6.07, 6.45) is 3.09. The van der Waals surface area contributed by atoms with Crippen LogP contribution in [0, 0.1) is 11.8 Å². The molecule has 4 nitrogen and oxygen atoms in total. The first-order valence-corrected chi connectivity index (χ1v) is 6.68. The van der Waals surface area contributed by atoms with E-state index in [9.17, 15) is 4.57 Å². The fraction of sp³-hybridized carbons (Fsp3) is 0.800. The van der Waals surface area contributed by atoms with E-state index in [1.54, 1.807) is 6.08 Å². The Hall–Kier alpha value is -0.310. The van der Waals surface area contributed by atoms with Crippen LogP contribution >= 0.6 is 7.82 Å². The average Bonchev–Trinajstić information content (AvgIpc) is 1.95. The number of hydrogen-bond donors (Lipinski definition) is 2. The monoisotopic (exact) mass is 236 g/mol. The lowest BCUT2D eigenvalue weighted by Gasteiger charge is -2.13. The number of hydrogen-bond acceptors (Lipinski definition) is 2. The normalized spacial score (nSPS) is 13.7. The third-order valence-corrected chi connectivity index (χ3v) is 2.13. The number of phosphoric ester groups is 1. The number of rotatable bonds is 6. The zero-order valence-electron chi connectivity index (χ0n) is 9.80. The zero-order chi connectivity index (χ0) is 12.1. The van der Waals surface area contributed by atoms with Crippen molar-refractivity contribution in [2.45, 2.75) is 40.5 Å². The lowest BCUT2D eigenvalue weighted by Crippen LogP contribution is -1.97. The highest BCUT2D eigenvalue weighted by molar-refractivity contribution is 7.46.